The largest absolute Gasteiger partial charge is 0.478 e. The minimum atomic E-state index is -1.49. The van der Waals surface area contributed by atoms with Crippen LogP contribution in [0.2, 0.25) is 10.0 Å². The highest BCUT2D eigenvalue weighted by Gasteiger charge is 2.62. The van der Waals surface area contributed by atoms with Gasteiger partial charge in [-0.2, -0.15) is 0 Å². The predicted octanol–water partition coefficient (Wildman–Crippen LogP) is 5.09. The summed E-state index contributed by atoms with van der Waals surface area (Å²) < 4.78 is 21.1. The fraction of sp³-hybridized carbons (Fsp3) is 0.333. The maximum atomic E-state index is 14.7. The molecule has 5 rings (SSSR count). The van der Waals surface area contributed by atoms with Crippen molar-refractivity contribution in [2.75, 3.05) is 18.4 Å². The number of fused-ring (bicyclic) bond motifs is 2. The number of benzene rings is 3. The molecule has 3 aromatic rings. The van der Waals surface area contributed by atoms with Gasteiger partial charge in [-0.15, -0.1) is 0 Å². The maximum absolute atomic E-state index is 14.7. The Morgan fingerprint density at radius 1 is 1.00 bits per heavy atom. The Labute approximate surface area is 270 Å². The van der Waals surface area contributed by atoms with Crippen LogP contribution in [0, 0.1) is 12.7 Å². The van der Waals surface area contributed by atoms with E-state index in [9.17, 15) is 23.6 Å². The average molecular weight is 656 g/mol. The average Bonchev–Trinajstić information content (AvgIpc) is 3.25. The van der Waals surface area contributed by atoms with Gasteiger partial charge in [0.15, 0.2) is 5.60 Å². The third-order valence-electron chi connectivity index (χ3n) is 8.35. The normalized spacial score (nSPS) is 20.7. The fourth-order valence-electron chi connectivity index (χ4n) is 6.28. The summed E-state index contributed by atoms with van der Waals surface area (Å²) in [5.41, 5.74) is -0.322. The van der Waals surface area contributed by atoms with E-state index in [0.29, 0.717) is 38.0 Å². The fourth-order valence-corrected chi connectivity index (χ4v) is 6.63. The molecule has 3 aromatic carbocycles. The molecule has 0 aliphatic carbocycles. The van der Waals surface area contributed by atoms with Gasteiger partial charge in [0.2, 0.25) is 17.7 Å². The molecule has 2 heterocycles. The van der Waals surface area contributed by atoms with Crippen molar-refractivity contribution in [3.05, 3.63) is 92.7 Å². The van der Waals surface area contributed by atoms with Gasteiger partial charge < -0.3 is 26.0 Å². The summed E-state index contributed by atoms with van der Waals surface area (Å²) in [6.07, 6.45) is -0.138. The predicted molar refractivity (Wildman–Crippen MR) is 169 cm³/mol. The van der Waals surface area contributed by atoms with Crippen LogP contribution < -0.4 is 26.0 Å². The summed E-state index contributed by atoms with van der Waals surface area (Å²) in [5, 5.41) is 12.0. The highest BCUT2D eigenvalue weighted by Crippen LogP contribution is 2.59. The number of nitrogens with one attached hydrogen (secondary N) is 4. The summed E-state index contributed by atoms with van der Waals surface area (Å²) in [6.45, 7) is 6.75. The molecule has 1 saturated heterocycles. The first-order chi connectivity index (χ1) is 21.2. The number of carbonyl (C=O) groups excluding carboxylic acids is 4. The van der Waals surface area contributed by atoms with Crippen molar-refractivity contribution in [3.8, 4) is 5.75 Å². The number of hydrogen-bond acceptors (Lipinski definition) is 5. The first-order valence-corrected chi connectivity index (χ1v) is 15.2. The molecule has 4 amide bonds. The molecule has 0 bridgehead atoms. The standard InChI is InChI=1S/C33H33Cl2FN4O5/c1-17-5-8-21(36)15-22(17)29-33(24-9-6-20(35)14-26(24)39-31(33)44)25(16-28(42)40-29)23-13-19(34)7-10-27(23)45-32(3,4)30(43)38-12-11-37-18(2)41/h5-10,13-15,25,29H,11-12,16H2,1-4H3,(H,37,41)(H,38,43)(H,39,44)(H,40,42)/t25-,29+,33?/m1/s1. The van der Waals surface area contributed by atoms with E-state index in [4.69, 9.17) is 27.9 Å². The van der Waals surface area contributed by atoms with E-state index in [0.717, 1.165) is 0 Å². The molecule has 1 spiro atoms. The van der Waals surface area contributed by atoms with Gasteiger partial charge >= 0.3 is 0 Å². The third-order valence-corrected chi connectivity index (χ3v) is 8.82. The molecule has 1 fully saturated rings. The molecule has 0 radical (unpaired) electrons. The van der Waals surface area contributed by atoms with Gasteiger partial charge in [0.25, 0.3) is 5.91 Å². The zero-order chi connectivity index (χ0) is 32.7. The molecule has 2 aliphatic heterocycles. The van der Waals surface area contributed by atoms with Gasteiger partial charge in [-0.05, 0) is 79.9 Å². The van der Waals surface area contributed by atoms with E-state index in [1.54, 1.807) is 63.2 Å². The molecule has 4 N–H and O–H groups in total. The summed E-state index contributed by atoms with van der Waals surface area (Å²) in [7, 11) is 0. The maximum Gasteiger partial charge on any atom is 0.263 e. The second-order valence-electron chi connectivity index (χ2n) is 11.8. The van der Waals surface area contributed by atoms with Crippen molar-refractivity contribution >= 4 is 52.5 Å². The molecule has 12 heteroatoms. The molecular weight excluding hydrogens is 622 g/mol. The first kappa shape index (κ1) is 32.2. The van der Waals surface area contributed by atoms with Crippen molar-refractivity contribution in [1.82, 2.24) is 16.0 Å². The Kier molecular flexibility index (Phi) is 8.83. The number of ether oxygens (including phenoxy) is 1. The topological polar surface area (TPSA) is 126 Å². The molecule has 236 valence electrons. The second-order valence-corrected chi connectivity index (χ2v) is 12.7. The second kappa shape index (κ2) is 12.3. The molecule has 2 aliphatic rings. The van der Waals surface area contributed by atoms with E-state index in [-0.39, 0.29) is 37.1 Å². The molecule has 0 aromatic heterocycles. The third kappa shape index (κ3) is 6.09. The van der Waals surface area contributed by atoms with Gasteiger partial charge in [0, 0.05) is 53.6 Å². The van der Waals surface area contributed by atoms with Crippen molar-refractivity contribution < 1.29 is 28.3 Å². The van der Waals surface area contributed by atoms with E-state index in [1.165, 1.54) is 19.1 Å². The van der Waals surface area contributed by atoms with E-state index < -0.39 is 40.6 Å². The van der Waals surface area contributed by atoms with E-state index in [2.05, 4.69) is 21.3 Å². The Balaban J connectivity index is 1.65. The van der Waals surface area contributed by atoms with Crippen LogP contribution in [0.25, 0.3) is 0 Å². The molecule has 45 heavy (non-hydrogen) atoms. The summed E-state index contributed by atoms with van der Waals surface area (Å²) >= 11 is 12.8. The van der Waals surface area contributed by atoms with Gasteiger partial charge in [0.05, 0.1) is 6.04 Å². The van der Waals surface area contributed by atoms with Crippen LogP contribution in [0.15, 0.2) is 54.6 Å². The number of halogens is 3. The zero-order valence-electron chi connectivity index (χ0n) is 25.1. The lowest BCUT2D eigenvalue weighted by molar-refractivity contribution is -0.135. The van der Waals surface area contributed by atoms with Crippen molar-refractivity contribution in [3.63, 3.8) is 0 Å². The van der Waals surface area contributed by atoms with Crippen molar-refractivity contribution in [1.29, 1.82) is 0 Å². The lowest BCUT2D eigenvalue weighted by Crippen LogP contribution is -2.57. The number of hydrogen-bond donors (Lipinski definition) is 4. The lowest BCUT2D eigenvalue weighted by atomic mass is 9.59. The Hall–Kier alpha value is -4.15. The first-order valence-electron chi connectivity index (χ1n) is 14.4. The minimum absolute atomic E-state index is 0.138. The van der Waals surface area contributed by atoms with E-state index >= 15 is 0 Å². The number of rotatable bonds is 8. The SMILES string of the molecule is CC(=O)NCCNC(=O)C(C)(C)Oc1ccc(Cl)cc1[C@H]1CC(=O)N[C@@H](c2cc(F)ccc2C)C12C(=O)Nc1cc(Cl)ccc12. The Morgan fingerprint density at radius 2 is 1.69 bits per heavy atom. The van der Waals surface area contributed by atoms with Gasteiger partial charge in [0.1, 0.15) is 17.0 Å². The van der Waals surface area contributed by atoms with Crippen LogP contribution in [0.5, 0.6) is 5.75 Å². The number of piperidine rings is 1. The number of anilines is 1. The van der Waals surface area contributed by atoms with Crippen LogP contribution in [0.4, 0.5) is 10.1 Å². The van der Waals surface area contributed by atoms with E-state index in [1.807, 2.05) is 0 Å². The Morgan fingerprint density at radius 3 is 2.42 bits per heavy atom. The quantitative estimate of drug-likeness (QED) is 0.252. The number of aryl methyl sites for hydroxylation is 1. The highest BCUT2D eigenvalue weighted by atomic mass is 35.5. The summed E-state index contributed by atoms with van der Waals surface area (Å²) in [6, 6.07) is 13.1. The monoisotopic (exact) mass is 654 g/mol. The van der Waals surface area contributed by atoms with Crippen LogP contribution in [0.1, 0.15) is 61.4 Å². The van der Waals surface area contributed by atoms with Crippen LogP contribution in [-0.4, -0.2) is 42.3 Å². The van der Waals surface area contributed by atoms with Gasteiger partial charge in [-0.1, -0.05) is 35.3 Å². The van der Waals surface area contributed by atoms with Crippen molar-refractivity contribution in [2.45, 2.75) is 57.1 Å². The highest BCUT2D eigenvalue weighted by molar-refractivity contribution is 6.31. The lowest BCUT2D eigenvalue weighted by Gasteiger charge is -2.47. The van der Waals surface area contributed by atoms with Gasteiger partial charge in [-0.25, -0.2) is 4.39 Å². The molecule has 9 nitrogen and oxygen atoms in total. The van der Waals surface area contributed by atoms with Crippen LogP contribution >= 0.6 is 23.2 Å². The summed E-state index contributed by atoms with van der Waals surface area (Å²) in [5.74, 6) is -2.59. The molecule has 3 atom stereocenters. The minimum Gasteiger partial charge on any atom is -0.478 e. The molecule has 0 saturated carbocycles. The smallest absolute Gasteiger partial charge is 0.263 e. The van der Waals surface area contributed by atoms with Crippen molar-refractivity contribution in [2.24, 2.45) is 0 Å². The van der Waals surface area contributed by atoms with Crippen LogP contribution in [0.3, 0.4) is 0 Å². The number of carbonyl (C=O) groups is 4. The molecular formula is C33H33Cl2FN4O5. The Bertz CT molecular complexity index is 1710. The summed E-state index contributed by atoms with van der Waals surface area (Å²) in [4.78, 5) is 52.3. The zero-order valence-corrected chi connectivity index (χ0v) is 26.7. The van der Waals surface area contributed by atoms with Crippen LogP contribution in [-0.2, 0) is 24.6 Å². The molecule has 1 unspecified atom stereocenters. The van der Waals surface area contributed by atoms with Gasteiger partial charge in [-0.3, -0.25) is 19.2 Å². The number of amides is 4.